The average Bonchev–Trinajstić information content (AvgIpc) is 2.64. The molecule has 0 aliphatic heterocycles. The maximum Gasteiger partial charge on any atom is -0.0199 e. The molecule has 0 amide bonds. The summed E-state index contributed by atoms with van der Waals surface area (Å²) in [5.41, 5.74) is 0. The van der Waals surface area contributed by atoms with Crippen LogP contribution in [0.4, 0.5) is 0 Å². The lowest BCUT2D eigenvalue weighted by Crippen LogP contribution is -2.04. The summed E-state index contributed by atoms with van der Waals surface area (Å²) in [5.74, 6) is 3.14. The number of hydrogen-bond acceptors (Lipinski definition) is 0. The van der Waals surface area contributed by atoms with E-state index in [1.54, 1.807) is 0 Å². The zero-order valence-corrected chi connectivity index (χ0v) is 6.01. The Labute approximate surface area is 57.0 Å². The first-order chi connectivity index (χ1) is 4.42. The van der Waals surface area contributed by atoms with Gasteiger partial charge in [0.1, 0.15) is 0 Å². The van der Waals surface area contributed by atoms with E-state index in [4.69, 9.17) is 0 Å². The number of hydrogen-bond donors (Lipinski definition) is 0. The third kappa shape index (κ3) is 0.810. The third-order valence-electron chi connectivity index (χ3n) is 2.84. The van der Waals surface area contributed by atoms with Crippen LogP contribution < -0.4 is 0 Å². The third-order valence-corrected chi connectivity index (χ3v) is 2.84. The van der Waals surface area contributed by atoms with Crippen molar-refractivity contribution in [2.45, 2.75) is 26.2 Å². The van der Waals surface area contributed by atoms with Crippen molar-refractivity contribution in [3.63, 3.8) is 0 Å². The van der Waals surface area contributed by atoms with Gasteiger partial charge in [-0.3, -0.25) is 0 Å². The van der Waals surface area contributed by atoms with Gasteiger partial charge < -0.3 is 0 Å². The monoisotopic (exact) mass is 122 g/mol. The van der Waals surface area contributed by atoms with E-state index in [0.29, 0.717) is 0 Å². The quantitative estimate of drug-likeness (QED) is 0.469. The highest BCUT2D eigenvalue weighted by Gasteiger charge is 2.41. The van der Waals surface area contributed by atoms with Crippen LogP contribution in [-0.2, 0) is 0 Å². The summed E-state index contributed by atoms with van der Waals surface area (Å²) < 4.78 is 0. The van der Waals surface area contributed by atoms with Crippen LogP contribution in [0, 0.1) is 17.8 Å². The van der Waals surface area contributed by atoms with Crippen molar-refractivity contribution >= 4 is 0 Å². The molecular weight excluding hydrogens is 108 g/mol. The van der Waals surface area contributed by atoms with Crippen molar-refractivity contribution in [3.05, 3.63) is 12.2 Å². The second-order valence-electron chi connectivity index (χ2n) is 3.40. The first kappa shape index (κ1) is 5.52. The molecular formula is C9H14. The first-order valence-corrected chi connectivity index (χ1v) is 4.08. The van der Waals surface area contributed by atoms with E-state index < -0.39 is 0 Å². The number of allylic oxidation sites excluding steroid dienone is 2. The Balaban J connectivity index is 2.04. The van der Waals surface area contributed by atoms with Crippen molar-refractivity contribution < 1.29 is 0 Å². The van der Waals surface area contributed by atoms with Gasteiger partial charge in [-0.1, -0.05) is 25.5 Å². The van der Waals surface area contributed by atoms with Crippen LogP contribution >= 0.6 is 0 Å². The van der Waals surface area contributed by atoms with E-state index in [2.05, 4.69) is 19.1 Å². The van der Waals surface area contributed by atoms with Crippen molar-refractivity contribution in [1.82, 2.24) is 0 Å². The molecule has 2 aliphatic carbocycles. The molecule has 3 unspecified atom stereocenters. The van der Waals surface area contributed by atoms with Gasteiger partial charge in [0.05, 0.1) is 0 Å². The van der Waals surface area contributed by atoms with Gasteiger partial charge in [-0.15, -0.1) is 0 Å². The summed E-state index contributed by atoms with van der Waals surface area (Å²) in [6, 6.07) is 0. The second-order valence-corrected chi connectivity index (χ2v) is 3.40. The normalized spacial score (nSPS) is 46.6. The van der Waals surface area contributed by atoms with Gasteiger partial charge in [0.15, 0.2) is 0 Å². The molecule has 0 saturated heterocycles. The molecule has 9 heavy (non-hydrogen) atoms. The summed E-state index contributed by atoms with van der Waals surface area (Å²) in [4.78, 5) is 0. The maximum absolute atomic E-state index is 2.41. The van der Waals surface area contributed by atoms with Crippen molar-refractivity contribution in [2.75, 3.05) is 0 Å². The molecule has 2 rings (SSSR count). The van der Waals surface area contributed by atoms with Gasteiger partial charge in [0.2, 0.25) is 0 Å². The molecule has 1 fully saturated rings. The van der Waals surface area contributed by atoms with E-state index in [1.165, 1.54) is 19.3 Å². The molecule has 0 heteroatoms. The largest absolute Gasteiger partial charge is 0.0880 e. The van der Waals surface area contributed by atoms with Crippen molar-refractivity contribution in [3.8, 4) is 0 Å². The predicted octanol–water partition coefficient (Wildman–Crippen LogP) is 2.61. The van der Waals surface area contributed by atoms with E-state index in [9.17, 15) is 0 Å². The Hall–Kier alpha value is -0.260. The minimum atomic E-state index is 1.00. The van der Waals surface area contributed by atoms with E-state index in [1.807, 2.05) is 0 Å². The molecule has 0 heterocycles. The molecule has 0 aromatic carbocycles. The maximum atomic E-state index is 2.41. The smallest absolute Gasteiger partial charge is 0.0199 e. The van der Waals surface area contributed by atoms with Gasteiger partial charge in [0.25, 0.3) is 0 Å². The number of fused-ring (bicyclic) bond motifs is 1. The van der Waals surface area contributed by atoms with Crippen LogP contribution in [0.15, 0.2) is 12.2 Å². The van der Waals surface area contributed by atoms with Gasteiger partial charge in [-0.2, -0.15) is 0 Å². The molecule has 50 valence electrons. The Morgan fingerprint density at radius 2 is 2.44 bits per heavy atom. The number of rotatable bonds is 1. The fourth-order valence-electron chi connectivity index (χ4n) is 2.07. The fraction of sp³-hybridized carbons (Fsp3) is 0.778. The van der Waals surface area contributed by atoms with Crippen LogP contribution in [0.25, 0.3) is 0 Å². The highest BCUT2D eigenvalue weighted by atomic mass is 14.5. The highest BCUT2D eigenvalue weighted by molar-refractivity contribution is 5.09. The molecule has 2 aliphatic rings. The zero-order valence-electron chi connectivity index (χ0n) is 6.01. The SMILES string of the molecule is CCC1CC=CC2CC21. The van der Waals surface area contributed by atoms with Crippen LogP contribution in [0.1, 0.15) is 26.2 Å². The van der Waals surface area contributed by atoms with Gasteiger partial charge in [-0.05, 0) is 30.6 Å². The van der Waals surface area contributed by atoms with Gasteiger partial charge in [-0.25, -0.2) is 0 Å². The Bertz CT molecular complexity index is 135. The molecule has 0 aromatic heterocycles. The lowest BCUT2D eigenvalue weighted by atomic mass is 9.92. The topological polar surface area (TPSA) is 0 Å². The van der Waals surface area contributed by atoms with Crippen molar-refractivity contribution in [2.24, 2.45) is 17.8 Å². The summed E-state index contributed by atoms with van der Waals surface area (Å²) in [6.07, 6.45) is 9.04. The summed E-state index contributed by atoms with van der Waals surface area (Å²) in [7, 11) is 0. The van der Waals surface area contributed by atoms with Crippen LogP contribution in [0.3, 0.4) is 0 Å². The standard InChI is InChI=1S/C9H14/c1-2-7-4-3-5-8-6-9(7)8/h3,5,7-9H,2,4,6H2,1H3. The zero-order chi connectivity index (χ0) is 6.27. The molecule has 0 radical (unpaired) electrons. The molecule has 0 nitrogen and oxygen atoms in total. The molecule has 0 bridgehead atoms. The second kappa shape index (κ2) is 1.86. The molecule has 3 atom stereocenters. The summed E-state index contributed by atoms with van der Waals surface area (Å²) >= 11 is 0. The molecule has 1 saturated carbocycles. The Morgan fingerprint density at radius 3 is 3.11 bits per heavy atom. The summed E-state index contributed by atoms with van der Waals surface area (Å²) in [6.45, 7) is 2.32. The van der Waals surface area contributed by atoms with Crippen LogP contribution in [0.5, 0.6) is 0 Å². The van der Waals surface area contributed by atoms with Crippen LogP contribution in [-0.4, -0.2) is 0 Å². The van der Waals surface area contributed by atoms with Crippen molar-refractivity contribution in [1.29, 1.82) is 0 Å². The fourth-order valence-corrected chi connectivity index (χ4v) is 2.07. The van der Waals surface area contributed by atoms with E-state index >= 15 is 0 Å². The minimum Gasteiger partial charge on any atom is -0.0880 e. The molecule has 0 aromatic rings. The minimum absolute atomic E-state index is 1.00. The molecule has 0 spiro atoms. The van der Waals surface area contributed by atoms with E-state index in [0.717, 1.165) is 17.8 Å². The van der Waals surface area contributed by atoms with Gasteiger partial charge in [0, 0.05) is 0 Å². The Morgan fingerprint density at radius 1 is 1.56 bits per heavy atom. The molecule has 0 N–H and O–H groups in total. The van der Waals surface area contributed by atoms with E-state index in [-0.39, 0.29) is 0 Å². The Kier molecular flexibility index (Phi) is 1.14. The summed E-state index contributed by atoms with van der Waals surface area (Å²) in [5, 5.41) is 0. The first-order valence-electron chi connectivity index (χ1n) is 4.08. The van der Waals surface area contributed by atoms with Crippen LogP contribution in [0.2, 0.25) is 0 Å². The lowest BCUT2D eigenvalue weighted by Gasteiger charge is -2.14. The average molecular weight is 122 g/mol. The highest BCUT2D eigenvalue weighted by Crippen LogP contribution is 2.50. The van der Waals surface area contributed by atoms with Gasteiger partial charge >= 0.3 is 0 Å². The lowest BCUT2D eigenvalue weighted by molar-refractivity contribution is 0.427. The predicted molar refractivity (Wildman–Crippen MR) is 39.1 cm³/mol.